The molecule has 0 saturated carbocycles. The summed E-state index contributed by atoms with van der Waals surface area (Å²) in [4.78, 5) is 21.3. The third-order valence-corrected chi connectivity index (χ3v) is 7.03. The summed E-state index contributed by atoms with van der Waals surface area (Å²) < 4.78 is 5.55. The molecule has 5 nitrogen and oxygen atoms in total. The number of H-pyrrole nitrogens is 1. The molecule has 28 heavy (non-hydrogen) atoms. The number of fused-ring (bicyclic) bond motifs is 3. The number of aromatic nitrogens is 1. The summed E-state index contributed by atoms with van der Waals surface area (Å²) in [6, 6.07) is 6.87. The van der Waals surface area contributed by atoms with Gasteiger partial charge in [0.05, 0.1) is 0 Å². The van der Waals surface area contributed by atoms with Gasteiger partial charge in [0.15, 0.2) is 0 Å². The molecule has 1 amide bonds. The van der Waals surface area contributed by atoms with E-state index in [9.17, 15) is 4.79 Å². The Morgan fingerprint density at radius 3 is 2.68 bits per heavy atom. The molecule has 3 aliphatic rings. The van der Waals surface area contributed by atoms with E-state index in [1.54, 1.807) is 0 Å². The van der Waals surface area contributed by atoms with E-state index in [-0.39, 0.29) is 5.91 Å². The van der Waals surface area contributed by atoms with Crippen molar-refractivity contribution < 1.29 is 9.53 Å². The van der Waals surface area contributed by atoms with Crippen molar-refractivity contribution in [2.75, 3.05) is 32.8 Å². The van der Waals surface area contributed by atoms with Gasteiger partial charge < -0.3 is 14.6 Å². The number of piperidine rings is 1. The second-order valence-corrected chi connectivity index (χ2v) is 8.88. The number of amides is 1. The Morgan fingerprint density at radius 2 is 1.89 bits per heavy atom. The first kappa shape index (κ1) is 18.2. The lowest BCUT2D eigenvalue weighted by molar-refractivity contribution is 0.0291. The van der Waals surface area contributed by atoms with E-state index in [0.717, 1.165) is 83.0 Å². The second-order valence-electron chi connectivity index (χ2n) is 8.88. The van der Waals surface area contributed by atoms with Crippen molar-refractivity contribution in [1.29, 1.82) is 0 Å². The molecular weight excluding hydrogens is 350 g/mol. The largest absolute Gasteiger partial charge is 0.381 e. The highest BCUT2D eigenvalue weighted by molar-refractivity contribution is 5.99. The van der Waals surface area contributed by atoms with Crippen LogP contribution < -0.4 is 0 Å². The van der Waals surface area contributed by atoms with Crippen LogP contribution in [-0.4, -0.2) is 59.6 Å². The van der Waals surface area contributed by atoms with E-state index in [1.165, 1.54) is 22.2 Å². The summed E-state index contributed by atoms with van der Waals surface area (Å²) >= 11 is 0. The Balaban J connectivity index is 1.40. The Kier molecular flexibility index (Phi) is 4.89. The van der Waals surface area contributed by atoms with E-state index in [2.05, 4.69) is 28.9 Å². The highest BCUT2D eigenvalue weighted by Gasteiger charge is 2.28. The van der Waals surface area contributed by atoms with Gasteiger partial charge in [-0.15, -0.1) is 0 Å². The third kappa shape index (κ3) is 3.35. The number of hydrogen-bond donors (Lipinski definition) is 1. The molecule has 150 valence electrons. The highest BCUT2D eigenvalue weighted by Crippen LogP contribution is 2.31. The van der Waals surface area contributed by atoms with Crippen LogP contribution in [0.4, 0.5) is 0 Å². The smallest absolute Gasteiger partial charge is 0.253 e. The molecule has 0 unspecified atom stereocenters. The number of nitrogens with zero attached hydrogens (tertiary/aromatic N) is 2. The minimum absolute atomic E-state index is 0.195. The number of rotatable bonds is 2. The molecule has 2 fully saturated rings. The number of ether oxygens (including phenoxy) is 1. The van der Waals surface area contributed by atoms with Crippen LogP contribution >= 0.6 is 0 Å². The number of carbonyl (C=O) groups excluding carboxylic acids is 1. The average Bonchev–Trinajstić information content (AvgIpc) is 3.11. The van der Waals surface area contributed by atoms with Gasteiger partial charge in [0.2, 0.25) is 0 Å². The molecule has 5 rings (SSSR count). The lowest BCUT2D eigenvalue weighted by Crippen LogP contribution is -2.42. The van der Waals surface area contributed by atoms with Crippen LogP contribution in [0.1, 0.15) is 54.2 Å². The lowest BCUT2D eigenvalue weighted by atomic mass is 9.97. The summed E-state index contributed by atoms with van der Waals surface area (Å²) in [6.45, 7) is 7.93. The van der Waals surface area contributed by atoms with E-state index >= 15 is 0 Å². The maximum Gasteiger partial charge on any atom is 0.253 e. The van der Waals surface area contributed by atoms with Gasteiger partial charge in [-0.3, -0.25) is 9.69 Å². The second kappa shape index (κ2) is 7.53. The quantitative estimate of drug-likeness (QED) is 0.865. The Bertz CT molecular complexity index is 860. The summed E-state index contributed by atoms with van der Waals surface area (Å²) in [5.41, 5.74) is 4.76. The standard InChI is InChI=1S/C23H31N3O2/c1-16-4-9-25(10-5-16)23(27)17-2-3-21-19(14-17)20-15-26(11-6-22(20)24-21)18-7-12-28-13-8-18/h2-3,14,16,18,24H,4-13,15H2,1H3. The van der Waals surface area contributed by atoms with Gasteiger partial charge in [-0.25, -0.2) is 0 Å². The number of benzene rings is 1. The van der Waals surface area contributed by atoms with Crippen LogP contribution in [0.2, 0.25) is 0 Å². The predicted molar refractivity (Wildman–Crippen MR) is 111 cm³/mol. The van der Waals surface area contributed by atoms with Crippen LogP contribution in [0.5, 0.6) is 0 Å². The van der Waals surface area contributed by atoms with Gasteiger partial charge in [0, 0.05) is 74.0 Å². The minimum atomic E-state index is 0.195. The molecule has 0 aliphatic carbocycles. The summed E-state index contributed by atoms with van der Waals surface area (Å²) in [7, 11) is 0. The molecular formula is C23H31N3O2. The molecule has 0 atom stereocenters. The Hall–Kier alpha value is -1.85. The Morgan fingerprint density at radius 1 is 1.11 bits per heavy atom. The lowest BCUT2D eigenvalue weighted by Gasteiger charge is -2.36. The van der Waals surface area contributed by atoms with Gasteiger partial charge in [-0.1, -0.05) is 6.92 Å². The van der Waals surface area contributed by atoms with Gasteiger partial charge in [-0.2, -0.15) is 0 Å². The predicted octanol–water partition coefficient (Wildman–Crippen LogP) is 3.58. The normalized spacial score (nSPS) is 22.5. The van der Waals surface area contributed by atoms with Crippen LogP contribution in [0, 0.1) is 5.92 Å². The molecule has 5 heteroatoms. The number of nitrogens with one attached hydrogen (secondary N) is 1. The number of hydrogen-bond acceptors (Lipinski definition) is 3. The SMILES string of the molecule is CC1CCN(C(=O)c2ccc3[nH]c4c(c3c2)CN(C2CCOCC2)CC4)CC1. The first-order chi connectivity index (χ1) is 13.7. The van der Waals surface area contributed by atoms with Gasteiger partial charge >= 0.3 is 0 Å². The van der Waals surface area contributed by atoms with E-state index in [4.69, 9.17) is 4.74 Å². The molecule has 0 radical (unpaired) electrons. The van der Waals surface area contributed by atoms with Crippen molar-refractivity contribution in [1.82, 2.24) is 14.8 Å². The van der Waals surface area contributed by atoms with Gasteiger partial charge in [0.25, 0.3) is 5.91 Å². The first-order valence-electron chi connectivity index (χ1n) is 10.9. The molecule has 2 aromatic rings. The minimum Gasteiger partial charge on any atom is -0.381 e. The molecule has 2 saturated heterocycles. The third-order valence-electron chi connectivity index (χ3n) is 7.03. The van der Waals surface area contributed by atoms with Gasteiger partial charge in [-0.05, 0) is 55.4 Å². The first-order valence-corrected chi connectivity index (χ1v) is 10.9. The summed E-state index contributed by atoms with van der Waals surface area (Å²) in [5.74, 6) is 0.931. The van der Waals surface area contributed by atoms with Gasteiger partial charge in [0.1, 0.15) is 0 Å². The molecule has 0 spiro atoms. The van der Waals surface area contributed by atoms with Crippen molar-refractivity contribution >= 4 is 16.8 Å². The number of carbonyl (C=O) groups is 1. The average molecular weight is 382 g/mol. The fourth-order valence-electron chi connectivity index (χ4n) is 5.12. The maximum atomic E-state index is 13.0. The monoisotopic (exact) mass is 381 g/mol. The van der Waals surface area contributed by atoms with Crippen LogP contribution in [0.3, 0.4) is 0 Å². The van der Waals surface area contributed by atoms with Crippen LogP contribution in [0.25, 0.3) is 10.9 Å². The van der Waals surface area contributed by atoms with E-state index < -0.39 is 0 Å². The zero-order valence-corrected chi connectivity index (χ0v) is 16.9. The van der Waals surface area contributed by atoms with Crippen molar-refractivity contribution in [2.24, 2.45) is 5.92 Å². The van der Waals surface area contributed by atoms with Crippen molar-refractivity contribution in [3.05, 3.63) is 35.0 Å². The number of likely N-dealkylation sites (tertiary alicyclic amines) is 1. The zero-order chi connectivity index (χ0) is 19.1. The maximum absolute atomic E-state index is 13.0. The van der Waals surface area contributed by atoms with Crippen molar-refractivity contribution in [2.45, 2.75) is 51.6 Å². The fourth-order valence-corrected chi connectivity index (χ4v) is 5.12. The van der Waals surface area contributed by atoms with Crippen LogP contribution in [-0.2, 0) is 17.7 Å². The molecule has 1 N–H and O–H groups in total. The highest BCUT2D eigenvalue weighted by atomic mass is 16.5. The topological polar surface area (TPSA) is 48.6 Å². The molecule has 0 bridgehead atoms. The fraction of sp³-hybridized carbons (Fsp3) is 0.609. The van der Waals surface area contributed by atoms with E-state index in [0.29, 0.717) is 6.04 Å². The zero-order valence-electron chi connectivity index (χ0n) is 16.9. The van der Waals surface area contributed by atoms with Crippen molar-refractivity contribution in [3.8, 4) is 0 Å². The van der Waals surface area contributed by atoms with E-state index in [1.807, 2.05) is 11.0 Å². The summed E-state index contributed by atoms with van der Waals surface area (Å²) in [5, 5.41) is 1.24. The molecule has 1 aromatic carbocycles. The summed E-state index contributed by atoms with van der Waals surface area (Å²) in [6.07, 6.45) is 5.57. The van der Waals surface area contributed by atoms with Crippen molar-refractivity contribution in [3.63, 3.8) is 0 Å². The Labute approximate surface area is 167 Å². The number of aromatic amines is 1. The molecule has 4 heterocycles. The molecule has 3 aliphatic heterocycles. The molecule has 1 aromatic heterocycles. The van der Waals surface area contributed by atoms with Crippen LogP contribution in [0.15, 0.2) is 18.2 Å².